The number of sulfone groups is 1. The van der Waals surface area contributed by atoms with E-state index >= 15 is 0 Å². The first-order valence-electron chi connectivity index (χ1n) is 6.56. The molecule has 0 saturated heterocycles. The summed E-state index contributed by atoms with van der Waals surface area (Å²) >= 11 is 3.42. The van der Waals surface area contributed by atoms with E-state index in [4.69, 9.17) is 0 Å². The molecular weight excluding hydrogens is 352 g/mol. The second-order valence-corrected chi connectivity index (χ2v) is 8.84. The van der Waals surface area contributed by atoms with Crippen molar-refractivity contribution in [1.29, 1.82) is 0 Å². The normalized spacial score (nSPS) is 12.6. The summed E-state index contributed by atoms with van der Waals surface area (Å²) in [4.78, 5) is 12.3. The van der Waals surface area contributed by atoms with Crippen LogP contribution in [0.25, 0.3) is 10.8 Å². The molecule has 0 aromatic heterocycles. The molecule has 2 aromatic rings. The molecule has 0 saturated carbocycles. The third-order valence-electron chi connectivity index (χ3n) is 3.32. The van der Waals surface area contributed by atoms with Crippen molar-refractivity contribution in [2.24, 2.45) is 5.41 Å². The van der Waals surface area contributed by atoms with Gasteiger partial charge < -0.3 is 0 Å². The van der Waals surface area contributed by atoms with Crippen molar-refractivity contribution in [2.45, 2.75) is 25.7 Å². The Labute approximate surface area is 133 Å². The highest BCUT2D eigenvalue weighted by molar-refractivity contribution is 9.10. The quantitative estimate of drug-likeness (QED) is 0.822. The molecule has 0 aliphatic carbocycles. The Bertz CT molecular complexity index is 802. The summed E-state index contributed by atoms with van der Waals surface area (Å²) in [5.74, 6) is -0.753. The maximum absolute atomic E-state index is 12.6. The number of hydrogen-bond acceptors (Lipinski definition) is 3. The predicted octanol–water partition coefficient (Wildman–Crippen LogP) is 3.99. The Morgan fingerprint density at radius 3 is 2.19 bits per heavy atom. The Morgan fingerprint density at radius 1 is 1.05 bits per heavy atom. The number of carbonyl (C=O) groups excluding carboxylic acids is 1. The van der Waals surface area contributed by atoms with Gasteiger partial charge in [0.2, 0.25) is 0 Å². The average molecular weight is 369 g/mol. The van der Waals surface area contributed by atoms with Crippen molar-refractivity contribution in [3.8, 4) is 0 Å². The number of benzene rings is 2. The lowest BCUT2D eigenvalue weighted by Gasteiger charge is -2.17. The van der Waals surface area contributed by atoms with Crippen LogP contribution in [-0.4, -0.2) is 20.0 Å². The van der Waals surface area contributed by atoms with Crippen molar-refractivity contribution in [3.05, 3.63) is 40.9 Å². The van der Waals surface area contributed by atoms with Gasteiger partial charge >= 0.3 is 0 Å². The minimum absolute atomic E-state index is 0.207. The highest BCUT2D eigenvalue weighted by Crippen LogP contribution is 2.30. The minimum atomic E-state index is -3.66. The van der Waals surface area contributed by atoms with Crippen LogP contribution < -0.4 is 0 Å². The van der Waals surface area contributed by atoms with Crippen molar-refractivity contribution in [3.63, 3.8) is 0 Å². The van der Waals surface area contributed by atoms with E-state index in [2.05, 4.69) is 15.9 Å². The van der Waals surface area contributed by atoms with Gasteiger partial charge in [-0.3, -0.25) is 4.79 Å². The Morgan fingerprint density at radius 2 is 1.62 bits per heavy atom. The first-order chi connectivity index (χ1) is 9.63. The van der Waals surface area contributed by atoms with Gasteiger partial charge in [0, 0.05) is 15.3 Å². The number of hydrogen-bond donors (Lipinski definition) is 0. The van der Waals surface area contributed by atoms with E-state index in [9.17, 15) is 13.2 Å². The molecule has 112 valence electrons. The molecule has 0 heterocycles. The summed E-state index contributed by atoms with van der Waals surface area (Å²) in [6.07, 6.45) is 0. The first kappa shape index (κ1) is 16.2. The molecule has 0 radical (unpaired) electrons. The third-order valence-corrected chi connectivity index (χ3v) is 5.68. The van der Waals surface area contributed by atoms with Crippen LogP contribution in [0.1, 0.15) is 20.8 Å². The smallest absolute Gasteiger partial charge is 0.186 e. The van der Waals surface area contributed by atoms with Gasteiger partial charge in [-0.05, 0) is 17.5 Å². The number of halogens is 1. The lowest BCUT2D eigenvalue weighted by Crippen LogP contribution is -2.28. The number of carbonyl (C=O) groups is 1. The van der Waals surface area contributed by atoms with Crippen LogP contribution in [0.4, 0.5) is 0 Å². The number of Topliss-reactive ketones (excluding diaryl/α,β-unsaturated/α-hetero) is 1. The number of fused-ring (bicyclic) bond motifs is 1. The zero-order valence-electron chi connectivity index (χ0n) is 12.2. The summed E-state index contributed by atoms with van der Waals surface area (Å²) in [5, 5.41) is 1.45. The second kappa shape index (κ2) is 5.54. The summed E-state index contributed by atoms with van der Waals surface area (Å²) < 4.78 is 26.0. The molecule has 0 bridgehead atoms. The monoisotopic (exact) mass is 368 g/mol. The summed E-state index contributed by atoms with van der Waals surface area (Å²) in [6, 6.07) is 10.5. The molecule has 2 aromatic carbocycles. The first-order valence-corrected chi connectivity index (χ1v) is 9.01. The molecular formula is C16H17BrO3S. The molecule has 0 aliphatic heterocycles. The van der Waals surface area contributed by atoms with Gasteiger partial charge in [-0.1, -0.05) is 61.0 Å². The van der Waals surface area contributed by atoms with Gasteiger partial charge in [-0.2, -0.15) is 0 Å². The van der Waals surface area contributed by atoms with Gasteiger partial charge in [0.25, 0.3) is 0 Å². The topological polar surface area (TPSA) is 51.2 Å². The Hall–Kier alpha value is -1.20. The lowest BCUT2D eigenvalue weighted by molar-refractivity contribution is -0.123. The van der Waals surface area contributed by atoms with Crippen molar-refractivity contribution < 1.29 is 13.2 Å². The zero-order chi connectivity index (χ0) is 15.8. The number of rotatable bonds is 3. The molecule has 0 unspecified atom stereocenters. The SMILES string of the molecule is CC(C)(C)C(=O)CS(=O)(=O)c1ccc(Br)c2ccccc12. The van der Waals surface area contributed by atoms with E-state index in [0.29, 0.717) is 5.39 Å². The summed E-state index contributed by atoms with van der Waals surface area (Å²) in [5.41, 5.74) is -0.668. The van der Waals surface area contributed by atoms with E-state index in [0.717, 1.165) is 9.86 Å². The average Bonchev–Trinajstić information content (AvgIpc) is 2.37. The van der Waals surface area contributed by atoms with Crippen LogP contribution in [0.5, 0.6) is 0 Å². The van der Waals surface area contributed by atoms with Gasteiger partial charge in [0.15, 0.2) is 15.6 Å². The fourth-order valence-electron chi connectivity index (χ4n) is 1.97. The standard InChI is InChI=1S/C16H17BrO3S/c1-16(2,3)15(18)10-21(19,20)14-9-8-13(17)11-6-4-5-7-12(11)14/h4-9H,10H2,1-3H3. The summed E-state index contributed by atoms with van der Waals surface area (Å²) in [6.45, 7) is 5.18. The van der Waals surface area contributed by atoms with E-state index in [1.54, 1.807) is 45.0 Å². The Kier molecular flexibility index (Phi) is 4.26. The molecule has 3 nitrogen and oxygen atoms in total. The van der Waals surface area contributed by atoms with Crippen LogP contribution >= 0.6 is 15.9 Å². The van der Waals surface area contributed by atoms with E-state index in [1.165, 1.54) is 0 Å². The highest BCUT2D eigenvalue weighted by Gasteiger charge is 2.29. The largest absolute Gasteiger partial charge is 0.298 e. The fourth-order valence-corrected chi connectivity index (χ4v) is 4.17. The van der Waals surface area contributed by atoms with Crippen molar-refractivity contribution in [1.82, 2.24) is 0 Å². The lowest BCUT2D eigenvalue weighted by atomic mass is 9.92. The van der Waals surface area contributed by atoms with E-state index < -0.39 is 21.0 Å². The number of ketones is 1. The summed E-state index contributed by atoms with van der Waals surface area (Å²) in [7, 11) is -3.66. The van der Waals surface area contributed by atoms with Gasteiger partial charge in [0.1, 0.15) is 5.75 Å². The Balaban J connectivity index is 2.56. The van der Waals surface area contributed by atoms with E-state index in [-0.39, 0.29) is 10.7 Å². The van der Waals surface area contributed by atoms with Crippen LogP contribution in [0.15, 0.2) is 45.8 Å². The molecule has 0 atom stereocenters. The predicted molar refractivity (Wildman–Crippen MR) is 88.2 cm³/mol. The maximum atomic E-state index is 12.6. The van der Waals surface area contributed by atoms with Crippen LogP contribution in [0.2, 0.25) is 0 Å². The molecule has 2 rings (SSSR count). The van der Waals surface area contributed by atoms with Crippen LogP contribution in [0, 0.1) is 5.41 Å². The molecule has 0 N–H and O–H groups in total. The van der Waals surface area contributed by atoms with E-state index in [1.807, 2.05) is 12.1 Å². The third kappa shape index (κ3) is 3.35. The molecule has 0 amide bonds. The van der Waals surface area contributed by atoms with Gasteiger partial charge in [0.05, 0.1) is 4.90 Å². The molecule has 21 heavy (non-hydrogen) atoms. The van der Waals surface area contributed by atoms with Crippen molar-refractivity contribution in [2.75, 3.05) is 5.75 Å². The molecule has 0 fully saturated rings. The maximum Gasteiger partial charge on any atom is 0.186 e. The van der Waals surface area contributed by atoms with Crippen LogP contribution in [0.3, 0.4) is 0 Å². The fraction of sp³-hybridized carbons (Fsp3) is 0.312. The van der Waals surface area contributed by atoms with Gasteiger partial charge in [-0.15, -0.1) is 0 Å². The van der Waals surface area contributed by atoms with Crippen molar-refractivity contribution >= 4 is 42.3 Å². The van der Waals surface area contributed by atoms with Crippen LogP contribution in [-0.2, 0) is 14.6 Å². The van der Waals surface area contributed by atoms with Gasteiger partial charge in [-0.25, -0.2) is 8.42 Å². The minimum Gasteiger partial charge on any atom is -0.298 e. The second-order valence-electron chi connectivity index (χ2n) is 6.02. The zero-order valence-corrected chi connectivity index (χ0v) is 14.6. The molecule has 0 spiro atoms. The molecule has 0 aliphatic rings. The molecule has 5 heteroatoms. The highest BCUT2D eigenvalue weighted by atomic mass is 79.9.